The summed E-state index contributed by atoms with van der Waals surface area (Å²) in [5.74, 6) is -0.0472. The fraction of sp³-hybridized carbons (Fsp3) is 0.455. The Morgan fingerprint density at radius 2 is 1.79 bits per heavy atom. The molecule has 14 heavy (non-hydrogen) atoms. The lowest BCUT2D eigenvalue weighted by molar-refractivity contribution is 0.288. The minimum Gasteiger partial charge on any atom is -0.504 e. The third kappa shape index (κ3) is 2.39. The van der Waals surface area contributed by atoms with E-state index in [1.54, 1.807) is 6.07 Å². The Kier molecular flexibility index (Phi) is 3.77. The first-order chi connectivity index (χ1) is 6.69. The molecular weight excluding hydrogens is 178 g/mol. The zero-order chi connectivity index (χ0) is 10.6. The normalized spacial score (nSPS) is 10.8. The van der Waals surface area contributed by atoms with E-state index < -0.39 is 0 Å². The minimum atomic E-state index is -0.0466. The van der Waals surface area contributed by atoms with Gasteiger partial charge < -0.3 is 10.2 Å². The number of phenolic OH excluding ortho intramolecular Hbond substituents is 2. The molecule has 0 aliphatic rings. The van der Waals surface area contributed by atoms with E-state index in [4.69, 9.17) is 0 Å². The van der Waals surface area contributed by atoms with Gasteiger partial charge >= 0.3 is 0 Å². The Hall–Kier alpha value is -1.22. The van der Waals surface area contributed by atoms with Gasteiger partial charge in [0.1, 0.15) is 0 Å². The van der Waals surface area contributed by atoms with Crippen molar-refractivity contribution in [2.75, 3.05) is 13.1 Å². The average molecular weight is 195 g/mol. The lowest BCUT2D eigenvalue weighted by Gasteiger charge is -2.18. The molecular formula is C11H17NO2. The molecule has 0 saturated carbocycles. The second-order valence-corrected chi connectivity index (χ2v) is 3.25. The van der Waals surface area contributed by atoms with Crippen molar-refractivity contribution >= 4 is 0 Å². The number of hydrogen-bond donors (Lipinski definition) is 2. The van der Waals surface area contributed by atoms with E-state index in [0.717, 1.165) is 18.7 Å². The van der Waals surface area contributed by atoms with Crippen LogP contribution < -0.4 is 0 Å². The molecule has 0 radical (unpaired) electrons. The Balaban J connectivity index is 2.80. The highest BCUT2D eigenvalue weighted by molar-refractivity contribution is 5.44. The molecule has 2 N–H and O–H groups in total. The van der Waals surface area contributed by atoms with Crippen molar-refractivity contribution < 1.29 is 10.2 Å². The first-order valence-electron chi connectivity index (χ1n) is 4.91. The van der Waals surface area contributed by atoms with E-state index in [-0.39, 0.29) is 11.5 Å². The van der Waals surface area contributed by atoms with Crippen molar-refractivity contribution in [3.8, 4) is 11.5 Å². The van der Waals surface area contributed by atoms with Gasteiger partial charge in [0.15, 0.2) is 11.5 Å². The van der Waals surface area contributed by atoms with Gasteiger partial charge in [-0.25, -0.2) is 0 Å². The first kappa shape index (κ1) is 10.9. The van der Waals surface area contributed by atoms with Gasteiger partial charge in [-0.05, 0) is 19.2 Å². The number of benzene rings is 1. The highest BCUT2D eigenvalue weighted by atomic mass is 16.3. The van der Waals surface area contributed by atoms with Gasteiger partial charge in [0, 0.05) is 12.1 Å². The summed E-state index contributed by atoms with van der Waals surface area (Å²) in [6.45, 7) is 6.69. The van der Waals surface area contributed by atoms with Crippen LogP contribution in [0.2, 0.25) is 0 Å². The molecule has 3 nitrogen and oxygen atoms in total. The van der Waals surface area contributed by atoms with E-state index in [9.17, 15) is 10.2 Å². The molecule has 78 valence electrons. The van der Waals surface area contributed by atoms with E-state index in [0.29, 0.717) is 6.54 Å². The molecule has 0 heterocycles. The molecule has 0 saturated heterocycles. The van der Waals surface area contributed by atoms with Crippen LogP contribution >= 0.6 is 0 Å². The zero-order valence-electron chi connectivity index (χ0n) is 8.70. The summed E-state index contributed by atoms with van der Waals surface area (Å²) in [4.78, 5) is 2.18. The fourth-order valence-corrected chi connectivity index (χ4v) is 1.39. The van der Waals surface area contributed by atoms with E-state index in [1.165, 1.54) is 6.07 Å². The highest BCUT2D eigenvalue weighted by Gasteiger charge is 2.08. The maximum Gasteiger partial charge on any atom is 0.161 e. The van der Waals surface area contributed by atoms with Gasteiger partial charge in [0.05, 0.1) is 0 Å². The summed E-state index contributed by atoms with van der Waals surface area (Å²) in [7, 11) is 0. The van der Waals surface area contributed by atoms with Gasteiger partial charge in [-0.15, -0.1) is 0 Å². The van der Waals surface area contributed by atoms with Crippen LogP contribution in [-0.2, 0) is 6.54 Å². The van der Waals surface area contributed by atoms with Crippen molar-refractivity contribution in [2.24, 2.45) is 0 Å². The van der Waals surface area contributed by atoms with Crippen LogP contribution in [0.1, 0.15) is 19.4 Å². The minimum absolute atomic E-state index is 0.000556. The van der Waals surface area contributed by atoms with Crippen molar-refractivity contribution in [1.29, 1.82) is 0 Å². The van der Waals surface area contributed by atoms with Gasteiger partial charge in [-0.2, -0.15) is 0 Å². The summed E-state index contributed by atoms with van der Waals surface area (Å²) in [5.41, 5.74) is 0.772. The second-order valence-electron chi connectivity index (χ2n) is 3.25. The number of phenols is 2. The van der Waals surface area contributed by atoms with E-state index in [1.807, 2.05) is 6.07 Å². The van der Waals surface area contributed by atoms with Gasteiger partial charge in [0.25, 0.3) is 0 Å². The molecule has 0 bridgehead atoms. The van der Waals surface area contributed by atoms with Crippen LogP contribution in [0.25, 0.3) is 0 Å². The van der Waals surface area contributed by atoms with Gasteiger partial charge in [0.2, 0.25) is 0 Å². The van der Waals surface area contributed by atoms with Crippen LogP contribution in [0.5, 0.6) is 11.5 Å². The Morgan fingerprint density at radius 3 is 2.36 bits per heavy atom. The van der Waals surface area contributed by atoms with Crippen LogP contribution in [0.4, 0.5) is 0 Å². The van der Waals surface area contributed by atoms with Crippen LogP contribution in [0, 0.1) is 0 Å². The maximum absolute atomic E-state index is 9.56. The zero-order valence-corrected chi connectivity index (χ0v) is 8.70. The number of nitrogens with zero attached hydrogens (tertiary/aromatic N) is 1. The van der Waals surface area contributed by atoms with E-state index in [2.05, 4.69) is 18.7 Å². The quantitative estimate of drug-likeness (QED) is 0.721. The predicted octanol–water partition coefficient (Wildman–Crippen LogP) is 1.94. The molecule has 0 aromatic heterocycles. The van der Waals surface area contributed by atoms with Crippen molar-refractivity contribution in [3.05, 3.63) is 23.8 Å². The molecule has 0 amide bonds. The van der Waals surface area contributed by atoms with Crippen LogP contribution in [0.15, 0.2) is 18.2 Å². The van der Waals surface area contributed by atoms with Gasteiger partial charge in [-0.1, -0.05) is 26.0 Å². The predicted molar refractivity (Wildman–Crippen MR) is 56.4 cm³/mol. The van der Waals surface area contributed by atoms with Crippen molar-refractivity contribution in [1.82, 2.24) is 4.90 Å². The summed E-state index contributed by atoms with van der Waals surface area (Å²) in [6.07, 6.45) is 0. The molecule has 0 spiro atoms. The SMILES string of the molecule is CCN(CC)Cc1cccc(O)c1O. The average Bonchev–Trinajstić information content (AvgIpc) is 2.20. The summed E-state index contributed by atoms with van der Waals surface area (Å²) >= 11 is 0. The number of rotatable bonds is 4. The molecule has 0 atom stereocenters. The number of para-hydroxylation sites is 1. The van der Waals surface area contributed by atoms with Crippen molar-refractivity contribution in [2.45, 2.75) is 20.4 Å². The topological polar surface area (TPSA) is 43.7 Å². The molecule has 3 heteroatoms. The Bertz CT molecular complexity index is 295. The van der Waals surface area contributed by atoms with Crippen molar-refractivity contribution in [3.63, 3.8) is 0 Å². The molecule has 0 unspecified atom stereocenters. The third-order valence-electron chi connectivity index (χ3n) is 2.39. The van der Waals surface area contributed by atoms with Gasteiger partial charge in [-0.3, -0.25) is 4.90 Å². The fourth-order valence-electron chi connectivity index (χ4n) is 1.39. The summed E-state index contributed by atoms with van der Waals surface area (Å²) < 4.78 is 0. The Labute approximate surface area is 84.6 Å². The standard InChI is InChI=1S/C11H17NO2/c1-3-12(4-2)8-9-6-5-7-10(13)11(9)14/h5-7,13-14H,3-4,8H2,1-2H3. The first-order valence-corrected chi connectivity index (χ1v) is 4.91. The lowest BCUT2D eigenvalue weighted by Crippen LogP contribution is -2.22. The Morgan fingerprint density at radius 1 is 1.14 bits per heavy atom. The summed E-state index contributed by atoms with van der Waals surface area (Å²) in [6, 6.07) is 5.06. The molecule has 0 fully saturated rings. The summed E-state index contributed by atoms with van der Waals surface area (Å²) in [5, 5.41) is 18.9. The number of aromatic hydroxyl groups is 2. The highest BCUT2D eigenvalue weighted by Crippen LogP contribution is 2.28. The van der Waals surface area contributed by atoms with Crippen LogP contribution in [0.3, 0.4) is 0 Å². The molecule has 0 aliphatic heterocycles. The monoisotopic (exact) mass is 195 g/mol. The third-order valence-corrected chi connectivity index (χ3v) is 2.39. The maximum atomic E-state index is 9.56. The smallest absolute Gasteiger partial charge is 0.161 e. The molecule has 1 rings (SSSR count). The second kappa shape index (κ2) is 4.86. The molecule has 0 aliphatic carbocycles. The number of hydrogen-bond acceptors (Lipinski definition) is 3. The lowest BCUT2D eigenvalue weighted by atomic mass is 10.1. The largest absolute Gasteiger partial charge is 0.504 e. The van der Waals surface area contributed by atoms with E-state index >= 15 is 0 Å². The molecule has 1 aromatic carbocycles. The molecule has 1 aromatic rings. The van der Waals surface area contributed by atoms with Crippen LogP contribution in [-0.4, -0.2) is 28.2 Å².